The van der Waals surface area contributed by atoms with Gasteiger partial charge in [0.2, 0.25) is 11.8 Å². The Morgan fingerprint density at radius 3 is 2.70 bits per heavy atom. The summed E-state index contributed by atoms with van der Waals surface area (Å²) in [5.74, 6) is 0.953. The zero-order chi connectivity index (χ0) is 19.6. The monoisotopic (exact) mass is 368 g/mol. The highest BCUT2D eigenvalue weighted by Crippen LogP contribution is 2.35. The first-order valence-corrected chi connectivity index (χ1v) is 9.35. The van der Waals surface area contributed by atoms with Crippen molar-refractivity contribution in [2.45, 2.75) is 46.0 Å². The van der Waals surface area contributed by atoms with E-state index in [1.807, 2.05) is 37.3 Å². The van der Waals surface area contributed by atoms with Gasteiger partial charge in [-0.25, -0.2) is 4.98 Å². The van der Waals surface area contributed by atoms with Crippen molar-refractivity contribution in [2.24, 2.45) is 5.73 Å². The minimum absolute atomic E-state index is 0.402. The molecule has 1 aromatic heterocycles. The normalized spacial score (nSPS) is 11.9. The Balaban J connectivity index is 2.30. The fourth-order valence-corrected chi connectivity index (χ4v) is 2.84. The van der Waals surface area contributed by atoms with Crippen LogP contribution in [0.1, 0.15) is 44.6 Å². The van der Waals surface area contributed by atoms with Gasteiger partial charge in [0, 0.05) is 11.5 Å². The third-order valence-electron chi connectivity index (χ3n) is 4.24. The summed E-state index contributed by atoms with van der Waals surface area (Å²) in [6.45, 7) is 4.07. The van der Waals surface area contributed by atoms with Gasteiger partial charge in [-0.2, -0.15) is 0 Å². The van der Waals surface area contributed by atoms with Crippen LogP contribution in [0.25, 0.3) is 10.9 Å². The average Bonchev–Trinajstić information content (AvgIpc) is 2.65. The molecule has 0 bridgehead atoms. The van der Waals surface area contributed by atoms with Gasteiger partial charge in [-0.15, -0.1) is 0 Å². The lowest BCUT2D eigenvalue weighted by Gasteiger charge is -2.14. The molecule has 0 radical (unpaired) electrons. The molecule has 27 heavy (non-hydrogen) atoms. The summed E-state index contributed by atoms with van der Waals surface area (Å²) in [7, 11) is 1.57. The topological polar surface area (TPSA) is 74.4 Å². The van der Waals surface area contributed by atoms with Crippen LogP contribution in [-0.4, -0.2) is 18.0 Å². The summed E-state index contributed by atoms with van der Waals surface area (Å²) in [6.07, 6.45) is 10.8. The predicted molar refractivity (Wildman–Crippen MR) is 109 cm³/mol. The number of nitrogens with zero attached hydrogens (tertiary/aromatic N) is 1. The molecule has 5 heteroatoms. The SMILES string of the molecule is CCCCCC/C=C/C(=C\C(N)=O)Oc1c(C)c(OC)nc2ccccc12. The van der Waals surface area contributed by atoms with Gasteiger partial charge in [-0.1, -0.05) is 44.4 Å². The number of methoxy groups -OCH3 is 1. The molecule has 0 saturated heterocycles. The number of ether oxygens (including phenoxy) is 2. The van der Waals surface area contributed by atoms with Crippen LogP contribution in [0.2, 0.25) is 0 Å². The van der Waals surface area contributed by atoms with Crippen LogP contribution in [0.3, 0.4) is 0 Å². The summed E-state index contributed by atoms with van der Waals surface area (Å²) >= 11 is 0. The van der Waals surface area contributed by atoms with E-state index in [4.69, 9.17) is 15.2 Å². The first-order chi connectivity index (χ1) is 13.1. The Morgan fingerprint density at radius 2 is 2.00 bits per heavy atom. The number of carbonyl (C=O) groups is 1. The van der Waals surface area contributed by atoms with Crippen molar-refractivity contribution in [3.63, 3.8) is 0 Å². The molecular weight excluding hydrogens is 340 g/mol. The number of hydrogen-bond acceptors (Lipinski definition) is 4. The van der Waals surface area contributed by atoms with Crippen molar-refractivity contribution in [2.75, 3.05) is 7.11 Å². The van der Waals surface area contributed by atoms with Gasteiger partial charge in [0.05, 0.1) is 18.2 Å². The lowest BCUT2D eigenvalue weighted by Crippen LogP contribution is -2.09. The number of aromatic nitrogens is 1. The molecule has 0 aliphatic carbocycles. The fourth-order valence-electron chi connectivity index (χ4n) is 2.84. The molecule has 0 atom stereocenters. The lowest BCUT2D eigenvalue weighted by atomic mass is 10.1. The molecule has 0 aliphatic heterocycles. The molecule has 2 N–H and O–H groups in total. The second-order valence-electron chi connectivity index (χ2n) is 6.40. The van der Waals surface area contributed by atoms with Gasteiger partial charge in [0.1, 0.15) is 11.5 Å². The van der Waals surface area contributed by atoms with Gasteiger partial charge in [-0.3, -0.25) is 4.79 Å². The number of benzene rings is 1. The Morgan fingerprint density at radius 1 is 1.22 bits per heavy atom. The van der Waals surface area contributed by atoms with E-state index in [1.54, 1.807) is 13.2 Å². The van der Waals surface area contributed by atoms with Crippen LogP contribution in [0.4, 0.5) is 0 Å². The number of hydrogen-bond donors (Lipinski definition) is 1. The first-order valence-electron chi connectivity index (χ1n) is 9.35. The summed E-state index contributed by atoms with van der Waals surface area (Å²) in [6, 6.07) is 7.65. The highest BCUT2D eigenvalue weighted by molar-refractivity contribution is 5.89. The highest BCUT2D eigenvalue weighted by Gasteiger charge is 2.14. The molecule has 0 unspecified atom stereocenters. The number of fused-ring (bicyclic) bond motifs is 1. The predicted octanol–water partition coefficient (Wildman–Crippen LogP) is 4.83. The molecule has 0 spiro atoms. The van der Waals surface area contributed by atoms with E-state index >= 15 is 0 Å². The third-order valence-corrected chi connectivity index (χ3v) is 4.24. The minimum Gasteiger partial charge on any atom is -0.481 e. The second-order valence-corrected chi connectivity index (χ2v) is 6.40. The van der Waals surface area contributed by atoms with Crippen molar-refractivity contribution in [1.29, 1.82) is 0 Å². The van der Waals surface area contributed by atoms with E-state index < -0.39 is 5.91 Å². The smallest absolute Gasteiger partial charge is 0.245 e. The number of primary amides is 1. The second kappa shape index (κ2) is 10.4. The molecule has 1 aromatic carbocycles. The summed E-state index contributed by atoms with van der Waals surface area (Å²) in [5, 5.41) is 0.850. The molecule has 1 heterocycles. The summed E-state index contributed by atoms with van der Waals surface area (Å²) < 4.78 is 11.5. The molecule has 144 valence electrons. The molecule has 1 amide bonds. The Labute approximate surface area is 160 Å². The van der Waals surface area contributed by atoms with E-state index in [0.717, 1.165) is 29.3 Å². The number of pyridine rings is 1. The van der Waals surface area contributed by atoms with E-state index in [9.17, 15) is 4.79 Å². The number of para-hydroxylation sites is 1. The minimum atomic E-state index is -0.552. The molecule has 0 saturated carbocycles. The van der Waals surface area contributed by atoms with Crippen LogP contribution in [0, 0.1) is 6.92 Å². The molecule has 2 rings (SSSR count). The maximum absolute atomic E-state index is 11.4. The van der Waals surface area contributed by atoms with Gasteiger partial charge in [0.25, 0.3) is 0 Å². The largest absolute Gasteiger partial charge is 0.481 e. The van der Waals surface area contributed by atoms with E-state index in [0.29, 0.717) is 17.4 Å². The van der Waals surface area contributed by atoms with Crippen LogP contribution >= 0.6 is 0 Å². The average molecular weight is 368 g/mol. The van der Waals surface area contributed by atoms with Crippen molar-refractivity contribution in [3.8, 4) is 11.6 Å². The summed E-state index contributed by atoms with van der Waals surface area (Å²) in [4.78, 5) is 15.9. The van der Waals surface area contributed by atoms with E-state index in [-0.39, 0.29) is 0 Å². The van der Waals surface area contributed by atoms with Gasteiger partial charge in [-0.05, 0) is 38.0 Å². The number of amides is 1. The number of rotatable bonds is 10. The van der Waals surface area contributed by atoms with Gasteiger partial charge >= 0.3 is 0 Å². The first kappa shape index (κ1) is 20.5. The quantitative estimate of drug-likeness (QED) is 0.282. The van der Waals surface area contributed by atoms with Gasteiger partial charge < -0.3 is 15.2 Å². The summed E-state index contributed by atoms with van der Waals surface area (Å²) in [5.41, 5.74) is 6.89. The Bertz CT molecular complexity index is 841. The Hall–Kier alpha value is -2.82. The number of carbonyl (C=O) groups excluding carboxylic acids is 1. The number of unbranched alkanes of at least 4 members (excludes halogenated alkanes) is 4. The standard InChI is InChI=1S/C22H28N2O3/c1-4-5-6-7-8-9-12-17(15-20(23)25)27-21-16(2)22(26-3)24-19-14-11-10-13-18(19)21/h9-15H,4-8H2,1-3H3,(H2,23,25)/b12-9+,17-15+. The molecule has 2 aromatic rings. The highest BCUT2D eigenvalue weighted by atomic mass is 16.5. The van der Waals surface area contributed by atoms with Crippen molar-refractivity contribution in [1.82, 2.24) is 4.98 Å². The van der Waals surface area contributed by atoms with Crippen LogP contribution in [0.15, 0.2) is 48.3 Å². The molecule has 5 nitrogen and oxygen atoms in total. The Kier molecular flexibility index (Phi) is 7.86. The molecule has 0 aliphatic rings. The fraction of sp³-hybridized carbons (Fsp3) is 0.364. The van der Waals surface area contributed by atoms with Crippen molar-refractivity contribution in [3.05, 3.63) is 53.8 Å². The zero-order valence-corrected chi connectivity index (χ0v) is 16.3. The zero-order valence-electron chi connectivity index (χ0n) is 16.3. The number of allylic oxidation sites excluding steroid dienone is 2. The van der Waals surface area contributed by atoms with Crippen LogP contribution in [0.5, 0.6) is 11.6 Å². The molecule has 0 fully saturated rings. The maximum atomic E-state index is 11.4. The number of nitrogens with two attached hydrogens (primary N) is 1. The van der Waals surface area contributed by atoms with Crippen LogP contribution in [-0.2, 0) is 4.79 Å². The van der Waals surface area contributed by atoms with E-state index in [2.05, 4.69) is 11.9 Å². The van der Waals surface area contributed by atoms with Crippen LogP contribution < -0.4 is 15.2 Å². The molecular formula is C22H28N2O3. The third kappa shape index (κ3) is 5.84. The van der Waals surface area contributed by atoms with E-state index in [1.165, 1.54) is 25.3 Å². The lowest BCUT2D eigenvalue weighted by molar-refractivity contribution is -0.113. The maximum Gasteiger partial charge on any atom is 0.245 e. The van der Waals surface area contributed by atoms with Crippen molar-refractivity contribution >= 4 is 16.8 Å². The van der Waals surface area contributed by atoms with Gasteiger partial charge in [0.15, 0.2) is 0 Å². The van der Waals surface area contributed by atoms with Crippen molar-refractivity contribution < 1.29 is 14.3 Å².